The van der Waals surface area contributed by atoms with Crippen molar-refractivity contribution < 1.29 is 42.8 Å². The van der Waals surface area contributed by atoms with Gasteiger partial charge in [0.1, 0.15) is 6.10 Å². The first kappa shape index (κ1) is 60.1. The monoisotopic (exact) mass is 890 g/mol. The molecule has 0 aromatic heterocycles. The molecule has 0 rings (SSSR count). The van der Waals surface area contributed by atoms with Crippen molar-refractivity contribution in [2.75, 3.05) is 52.7 Å². The van der Waals surface area contributed by atoms with Crippen LogP contribution in [0.5, 0.6) is 0 Å². The summed E-state index contributed by atoms with van der Waals surface area (Å²) in [5.74, 6) is -0.488. The largest absolute Gasteiger partial charge is 0.508 e. The van der Waals surface area contributed by atoms with Crippen molar-refractivity contribution in [3.05, 3.63) is 48.6 Å². The fourth-order valence-electron chi connectivity index (χ4n) is 6.81. The van der Waals surface area contributed by atoms with Gasteiger partial charge in [0.25, 0.3) is 0 Å². The molecule has 0 fully saturated rings. The molecule has 10 nitrogen and oxygen atoms in total. The quantitative estimate of drug-likeness (QED) is 0.0193. The van der Waals surface area contributed by atoms with Crippen molar-refractivity contribution in [2.24, 2.45) is 0 Å². The molecule has 1 atom stereocenters. The second-order valence-electron chi connectivity index (χ2n) is 16.4. The molecule has 0 aliphatic carbocycles. The molecule has 0 aliphatic heterocycles. The summed E-state index contributed by atoms with van der Waals surface area (Å²) in [5.41, 5.74) is 0. The normalized spacial score (nSPS) is 12.5. The van der Waals surface area contributed by atoms with Crippen molar-refractivity contribution in [2.45, 2.75) is 220 Å². The Balaban J connectivity index is 4.68. The first-order valence-corrected chi connectivity index (χ1v) is 25.6. The van der Waals surface area contributed by atoms with E-state index in [1.807, 2.05) is 0 Å². The van der Waals surface area contributed by atoms with E-state index >= 15 is 0 Å². The van der Waals surface area contributed by atoms with Crippen LogP contribution < -0.4 is 0 Å². The molecule has 10 heteroatoms. The number of carbonyl (C=O) groups is 3. The van der Waals surface area contributed by atoms with Crippen molar-refractivity contribution >= 4 is 18.1 Å². The molecule has 0 bridgehead atoms. The molecule has 0 N–H and O–H groups in total. The third-order valence-electron chi connectivity index (χ3n) is 10.7. The van der Waals surface area contributed by atoms with Crippen LogP contribution >= 0.6 is 0 Å². The number of nitrogens with zero attached hydrogens (tertiary/aromatic N) is 1. The summed E-state index contributed by atoms with van der Waals surface area (Å²) in [6.07, 6.45) is 40.9. The van der Waals surface area contributed by atoms with Crippen LogP contribution in [0.4, 0.5) is 4.79 Å². The lowest BCUT2D eigenvalue weighted by atomic mass is 10.1. The Morgan fingerprint density at radius 3 is 1.51 bits per heavy atom. The molecule has 0 aromatic carbocycles. The second kappa shape index (κ2) is 48.5. The molecule has 0 saturated carbocycles. The van der Waals surface area contributed by atoms with E-state index in [4.69, 9.17) is 28.4 Å². The summed E-state index contributed by atoms with van der Waals surface area (Å²) >= 11 is 0. The topological polar surface area (TPSA) is 110 Å². The van der Waals surface area contributed by atoms with Crippen LogP contribution in [0.25, 0.3) is 0 Å². The maximum Gasteiger partial charge on any atom is 0.508 e. The first-order chi connectivity index (χ1) is 30.9. The molecule has 0 radical (unpaired) electrons. The van der Waals surface area contributed by atoms with Gasteiger partial charge in [0.05, 0.1) is 26.2 Å². The van der Waals surface area contributed by atoms with E-state index in [1.54, 1.807) is 0 Å². The predicted octanol–water partition coefficient (Wildman–Crippen LogP) is 14.1. The Morgan fingerprint density at radius 1 is 0.460 bits per heavy atom. The summed E-state index contributed by atoms with van der Waals surface area (Å²) in [6, 6.07) is 0. The zero-order valence-corrected chi connectivity index (χ0v) is 41.1. The third-order valence-corrected chi connectivity index (χ3v) is 10.7. The van der Waals surface area contributed by atoms with Crippen LogP contribution in [-0.2, 0) is 38.0 Å². The number of unbranched alkanes of at least 4 members (excludes halogenated alkanes) is 12. The van der Waals surface area contributed by atoms with E-state index in [-0.39, 0.29) is 38.2 Å². The van der Waals surface area contributed by atoms with Gasteiger partial charge in [-0.2, -0.15) is 0 Å². The Morgan fingerprint density at radius 2 is 0.952 bits per heavy atom. The maximum absolute atomic E-state index is 12.7. The molecule has 1 unspecified atom stereocenters. The predicted molar refractivity (Wildman–Crippen MR) is 260 cm³/mol. The van der Waals surface area contributed by atoms with Crippen molar-refractivity contribution in [1.29, 1.82) is 0 Å². The smallest absolute Gasteiger partial charge is 0.466 e. The van der Waals surface area contributed by atoms with Crippen LogP contribution in [0, 0.1) is 0 Å². The average molecular weight is 890 g/mol. The van der Waals surface area contributed by atoms with E-state index in [9.17, 15) is 14.4 Å². The first-order valence-electron chi connectivity index (χ1n) is 25.6. The SMILES string of the molecule is CC/C=C\CCCCOC(CCC(=O)OCCCC(CCCOC(=O)CCCCCCC/C=C\C/C=C\CCCCC)OC(=O)OCCCN(CC)CC)OCCCC/C=C\CC. The highest BCUT2D eigenvalue weighted by atomic mass is 16.7. The van der Waals surface area contributed by atoms with Crippen LogP contribution in [-0.4, -0.2) is 88.1 Å². The number of allylic oxidation sites excluding steroid dienone is 8. The minimum atomic E-state index is -0.698. The Labute approximate surface area is 386 Å². The Kier molecular flexibility index (Phi) is 46.2. The fourth-order valence-corrected chi connectivity index (χ4v) is 6.81. The van der Waals surface area contributed by atoms with Gasteiger partial charge < -0.3 is 33.3 Å². The molecule has 0 aromatic rings. The van der Waals surface area contributed by atoms with Gasteiger partial charge >= 0.3 is 18.1 Å². The van der Waals surface area contributed by atoms with Gasteiger partial charge in [-0.1, -0.05) is 115 Å². The van der Waals surface area contributed by atoms with E-state index < -0.39 is 18.5 Å². The van der Waals surface area contributed by atoms with E-state index in [1.165, 1.54) is 38.5 Å². The van der Waals surface area contributed by atoms with E-state index in [0.29, 0.717) is 51.7 Å². The van der Waals surface area contributed by atoms with E-state index in [0.717, 1.165) is 110 Å². The van der Waals surface area contributed by atoms with Crippen molar-refractivity contribution in [3.8, 4) is 0 Å². The average Bonchev–Trinajstić information content (AvgIpc) is 3.28. The van der Waals surface area contributed by atoms with Crippen LogP contribution in [0.15, 0.2) is 48.6 Å². The summed E-state index contributed by atoms with van der Waals surface area (Å²) in [7, 11) is 0. The molecule has 0 aliphatic rings. The van der Waals surface area contributed by atoms with E-state index in [2.05, 4.69) is 88.1 Å². The molecular weight excluding hydrogens is 795 g/mol. The standard InChI is InChI=1S/C53H95NO9/c1-6-11-14-17-20-21-22-23-24-25-26-27-28-29-32-40-50(55)58-46-35-38-49(63-53(57)62-48-37-43-54(9-4)10-5)39-36-47-59-51(56)41-42-52(60-44-33-30-18-15-12-7-2)61-45-34-31-19-16-13-8-3/h12-13,15-16,20-21,23-24,49,52H,6-11,14,17-19,22,25-48H2,1-5H3/b15-12-,16-13-,21-20-,24-23-. The summed E-state index contributed by atoms with van der Waals surface area (Å²) in [6.45, 7) is 15.4. The summed E-state index contributed by atoms with van der Waals surface area (Å²) in [5, 5.41) is 0. The third kappa shape index (κ3) is 44.1. The molecule has 366 valence electrons. The van der Waals surface area contributed by atoms with Gasteiger partial charge in [0, 0.05) is 32.6 Å². The highest BCUT2D eigenvalue weighted by molar-refractivity contribution is 5.69. The van der Waals surface area contributed by atoms with Gasteiger partial charge in [0.2, 0.25) is 0 Å². The van der Waals surface area contributed by atoms with Gasteiger partial charge in [-0.15, -0.1) is 0 Å². The van der Waals surface area contributed by atoms with Gasteiger partial charge in [0.15, 0.2) is 6.29 Å². The number of rotatable bonds is 46. The van der Waals surface area contributed by atoms with Crippen LogP contribution in [0.2, 0.25) is 0 Å². The number of ether oxygens (including phenoxy) is 6. The van der Waals surface area contributed by atoms with Gasteiger partial charge in [-0.05, 0) is 135 Å². The minimum Gasteiger partial charge on any atom is -0.466 e. The number of esters is 2. The van der Waals surface area contributed by atoms with Crippen LogP contribution in [0.3, 0.4) is 0 Å². The van der Waals surface area contributed by atoms with Gasteiger partial charge in [-0.3, -0.25) is 9.59 Å². The van der Waals surface area contributed by atoms with Crippen molar-refractivity contribution in [1.82, 2.24) is 4.90 Å². The Hall–Kier alpha value is -2.95. The molecule has 0 heterocycles. The second-order valence-corrected chi connectivity index (χ2v) is 16.4. The van der Waals surface area contributed by atoms with Crippen LogP contribution in [0.1, 0.15) is 208 Å². The fraction of sp³-hybridized carbons (Fsp3) is 0.792. The number of hydrogen-bond donors (Lipinski definition) is 0. The number of hydrogen-bond acceptors (Lipinski definition) is 10. The summed E-state index contributed by atoms with van der Waals surface area (Å²) < 4.78 is 34.3. The zero-order valence-electron chi connectivity index (χ0n) is 41.1. The lowest BCUT2D eigenvalue weighted by Gasteiger charge is -2.19. The lowest BCUT2D eigenvalue weighted by Crippen LogP contribution is -2.26. The highest BCUT2D eigenvalue weighted by Gasteiger charge is 2.18. The maximum atomic E-state index is 12.7. The lowest BCUT2D eigenvalue weighted by molar-refractivity contribution is -0.159. The molecule has 0 saturated heterocycles. The number of carbonyl (C=O) groups excluding carboxylic acids is 3. The summed E-state index contributed by atoms with van der Waals surface area (Å²) in [4.78, 5) is 40.1. The van der Waals surface area contributed by atoms with Gasteiger partial charge in [-0.25, -0.2) is 4.79 Å². The molecule has 63 heavy (non-hydrogen) atoms. The molecular formula is C53H95NO9. The molecule has 0 spiro atoms. The minimum absolute atomic E-state index is 0.185. The Bertz CT molecular complexity index is 1130. The van der Waals surface area contributed by atoms with Crippen molar-refractivity contribution in [3.63, 3.8) is 0 Å². The highest BCUT2D eigenvalue weighted by Crippen LogP contribution is 2.15. The molecule has 0 amide bonds. The zero-order chi connectivity index (χ0) is 46.1.